The normalized spacial score (nSPS) is 11.6. The number of aromatic nitrogens is 1. The van der Waals surface area contributed by atoms with Gasteiger partial charge in [0.15, 0.2) is 0 Å². The van der Waals surface area contributed by atoms with Crippen molar-refractivity contribution >= 4 is 35.7 Å². The van der Waals surface area contributed by atoms with Crippen molar-refractivity contribution in [2.24, 2.45) is 5.10 Å². The Morgan fingerprint density at radius 1 is 1.17 bits per heavy atom. The van der Waals surface area contributed by atoms with E-state index in [1.807, 2.05) is 6.07 Å². The average Bonchev–Trinajstić information content (AvgIpc) is 2.85. The van der Waals surface area contributed by atoms with E-state index in [9.17, 15) is 19.7 Å². The molecule has 180 valence electrons. The van der Waals surface area contributed by atoms with Gasteiger partial charge in [-0.25, -0.2) is 15.2 Å². The molecule has 1 atom stereocenters. The van der Waals surface area contributed by atoms with Crippen LogP contribution in [0.1, 0.15) is 30.5 Å². The number of amides is 2. The number of ether oxygens (including phenoxy) is 1. The summed E-state index contributed by atoms with van der Waals surface area (Å²) in [6.07, 6.45) is 2.22. The lowest BCUT2D eigenvalue weighted by molar-refractivity contribution is -0.387. The monoisotopic (exact) mass is 493 g/mol. The Hall–Kier alpha value is -4.25. The minimum Gasteiger partial charge on any atom is -0.450 e. The highest BCUT2D eigenvalue weighted by atomic mass is 32.2. The lowest BCUT2D eigenvalue weighted by Crippen LogP contribution is -2.33. The average molecular weight is 494 g/mol. The highest BCUT2D eigenvalue weighted by molar-refractivity contribution is 7.99. The van der Waals surface area contributed by atoms with Crippen LogP contribution in [0.4, 0.5) is 10.5 Å². The minimum atomic E-state index is -0.631. The molecule has 0 fully saturated rings. The second-order valence-corrected chi connectivity index (χ2v) is 8.14. The van der Waals surface area contributed by atoms with E-state index >= 15 is 0 Å². The van der Waals surface area contributed by atoms with Crippen molar-refractivity contribution in [3.8, 4) is 0 Å². The summed E-state index contributed by atoms with van der Waals surface area (Å²) in [5.74, 6) is -0.455. The molecular weight excluding hydrogens is 470 g/mol. The van der Waals surface area contributed by atoms with Gasteiger partial charge in [0.25, 0.3) is 5.69 Å². The van der Waals surface area contributed by atoms with Gasteiger partial charge in [0.05, 0.1) is 35.1 Å². The van der Waals surface area contributed by atoms with Crippen LogP contribution in [0.15, 0.2) is 87.9 Å². The number of hydrogen-bond acceptors (Lipinski definition) is 8. The largest absolute Gasteiger partial charge is 0.450 e. The van der Waals surface area contributed by atoms with Crippen LogP contribution in [0.25, 0.3) is 0 Å². The molecule has 10 nitrogen and oxygen atoms in total. The van der Waals surface area contributed by atoms with Gasteiger partial charge in [-0.2, -0.15) is 5.10 Å². The summed E-state index contributed by atoms with van der Waals surface area (Å²) in [7, 11) is 0. The SMILES string of the molecule is CCOC(=O)N[C@H](CC(=O)N/N=C\c1ccc(Sc2ccccn2)c([N+](=O)[O-])c1)c1ccccc1. The molecule has 0 unspecified atom stereocenters. The molecule has 2 aromatic carbocycles. The lowest BCUT2D eigenvalue weighted by Gasteiger charge is -2.18. The molecule has 0 aliphatic heterocycles. The lowest BCUT2D eigenvalue weighted by atomic mass is 10.0. The third-order valence-corrected chi connectivity index (χ3v) is 5.61. The van der Waals surface area contributed by atoms with Gasteiger partial charge in [0.1, 0.15) is 5.03 Å². The zero-order valence-corrected chi connectivity index (χ0v) is 19.6. The fraction of sp³-hybridized carbons (Fsp3) is 0.167. The molecule has 0 aliphatic rings. The maximum Gasteiger partial charge on any atom is 0.407 e. The summed E-state index contributed by atoms with van der Waals surface area (Å²) >= 11 is 1.18. The van der Waals surface area contributed by atoms with Gasteiger partial charge in [-0.15, -0.1) is 0 Å². The minimum absolute atomic E-state index is 0.0834. The van der Waals surface area contributed by atoms with Crippen LogP contribution in [-0.4, -0.2) is 34.7 Å². The number of nitrogens with zero attached hydrogens (tertiary/aromatic N) is 3. The van der Waals surface area contributed by atoms with E-state index < -0.39 is 23.0 Å². The maximum atomic E-state index is 12.5. The van der Waals surface area contributed by atoms with E-state index in [-0.39, 0.29) is 18.7 Å². The van der Waals surface area contributed by atoms with Crippen molar-refractivity contribution in [3.05, 3.63) is 94.2 Å². The van der Waals surface area contributed by atoms with Crippen molar-refractivity contribution in [3.63, 3.8) is 0 Å². The number of carbonyl (C=O) groups is 2. The third kappa shape index (κ3) is 7.93. The Kier molecular flexibility index (Phi) is 9.31. The first kappa shape index (κ1) is 25.4. The summed E-state index contributed by atoms with van der Waals surface area (Å²) in [6.45, 7) is 1.89. The number of carbonyl (C=O) groups excluding carboxylic acids is 2. The molecule has 3 aromatic rings. The predicted molar refractivity (Wildman–Crippen MR) is 131 cm³/mol. The third-order valence-electron chi connectivity index (χ3n) is 4.59. The summed E-state index contributed by atoms with van der Waals surface area (Å²) in [5, 5.41) is 18.8. The van der Waals surface area contributed by atoms with Crippen LogP contribution in [0.2, 0.25) is 0 Å². The second kappa shape index (κ2) is 12.8. The van der Waals surface area contributed by atoms with Crippen LogP contribution < -0.4 is 10.7 Å². The molecule has 0 aliphatic carbocycles. The second-order valence-electron chi connectivity index (χ2n) is 7.08. The molecule has 0 bridgehead atoms. The van der Waals surface area contributed by atoms with Crippen molar-refractivity contribution in [1.29, 1.82) is 0 Å². The number of rotatable bonds is 10. The number of benzene rings is 2. The fourth-order valence-electron chi connectivity index (χ4n) is 3.03. The van der Waals surface area contributed by atoms with Crippen LogP contribution >= 0.6 is 11.8 Å². The zero-order chi connectivity index (χ0) is 25.0. The first-order chi connectivity index (χ1) is 17.0. The highest BCUT2D eigenvalue weighted by Crippen LogP contribution is 2.34. The number of hydrazone groups is 1. The molecule has 1 aromatic heterocycles. The summed E-state index contributed by atoms with van der Waals surface area (Å²) in [4.78, 5) is 40.0. The molecular formula is C24H23N5O5S. The van der Waals surface area contributed by atoms with E-state index in [0.29, 0.717) is 15.5 Å². The molecule has 1 heterocycles. The molecule has 0 saturated heterocycles. The Morgan fingerprint density at radius 3 is 2.63 bits per heavy atom. The molecule has 2 amide bonds. The van der Waals surface area contributed by atoms with Crippen LogP contribution in [-0.2, 0) is 9.53 Å². The highest BCUT2D eigenvalue weighted by Gasteiger charge is 2.19. The number of pyridine rings is 1. The topological polar surface area (TPSA) is 136 Å². The maximum absolute atomic E-state index is 12.5. The van der Waals surface area contributed by atoms with E-state index in [4.69, 9.17) is 4.74 Å². The van der Waals surface area contributed by atoms with Gasteiger partial charge in [0, 0.05) is 17.8 Å². The molecule has 2 N–H and O–H groups in total. The van der Waals surface area contributed by atoms with E-state index in [1.54, 1.807) is 67.7 Å². The van der Waals surface area contributed by atoms with Crippen LogP contribution in [0.3, 0.4) is 0 Å². The molecule has 0 radical (unpaired) electrons. The number of hydrogen-bond donors (Lipinski definition) is 2. The van der Waals surface area contributed by atoms with Gasteiger partial charge < -0.3 is 10.1 Å². The van der Waals surface area contributed by atoms with Crippen molar-refractivity contribution in [2.45, 2.75) is 29.3 Å². The number of alkyl carbamates (subject to hydrolysis) is 1. The Balaban J connectivity index is 1.65. The van der Waals surface area contributed by atoms with Crippen molar-refractivity contribution < 1.29 is 19.2 Å². The predicted octanol–water partition coefficient (Wildman–Crippen LogP) is 4.47. The molecule has 11 heteroatoms. The first-order valence-corrected chi connectivity index (χ1v) is 11.5. The van der Waals surface area contributed by atoms with Gasteiger partial charge in [-0.1, -0.05) is 54.2 Å². The fourth-order valence-corrected chi connectivity index (χ4v) is 3.89. The Morgan fingerprint density at radius 2 is 1.94 bits per heavy atom. The van der Waals surface area contributed by atoms with E-state index in [2.05, 4.69) is 20.8 Å². The summed E-state index contributed by atoms with van der Waals surface area (Å²) in [6, 6.07) is 18.4. The molecule has 0 saturated carbocycles. The van der Waals surface area contributed by atoms with Crippen LogP contribution in [0.5, 0.6) is 0 Å². The van der Waals surface area contributed by atoms with Gasteiger partial charge in [-0.3, -0.25) is 14.9 Å². The molecule has 3 rings (SSSR count). The molecule has 0 spiro atoms. The molecule has 35 heavy (non-hydrogen) atoms. The quantitative estimate of drug-likeness (QED) is 0.242. The zero-order valence-electron chi connectivity index (χ0n) is 18.8. The van der Waals surface area contributed by atoms with Gasteiger partial charge >= 0.3 is 6.09 Å². The van der Waals surface area contributed by atoms with Crippen molar-refractivity contribution in [1.82, 2.24) is 15.7 Å². The summed E-state index contributed by atoms with van der Waals surface area (Å²) < 4.78 is 4.92. The standard InChI is InChI=1S/C24H23N5O5S/c1-2-34-24(31)27-19(18-8-4-3-5-9-18)15-22(30)28-26-16-17-11-12-21(20(14-17)29(32)33)35-23-10-6-7-13-25-23/h3-14,16,19H,2,15H2,1H3,(H,27,31)(H,28,30)/b26-16-/t19-/m1/s1. The Bertz CT molecular complexity index is 1190. The number of nitro benzene ring substituents is 1. The Labute approximate surface area is 205 Å². The van der Waals surface area contributed by atoms with Gasteiger partial charge in [-0.05, 0) is 30.7 Å². The van der Waals surface area contributed by atoms with Crippen LogP contribution in [0, 0.1) is 10.1 Å². The van der Waals surface area contributed by atoms with Gasteiger partial charge in [0.2, 0.25) is 5.91 Å². The first-order valence-electron chi connectivity index (χ1n) is 10.6. The number of nitrogens with one attached hydrogen (secondary N) is 2. The smallest absolute Gasteiger partial charge is 0.407 e. The summed E-state index contributed by atoms with van der Waals surface area (Å²) in [5.41, 5.74) is 3.46. The van der Waals surface area contributed by atoms with E-state index in [1.165, 1.54) is 24.0 Å². The number of nitro groups is 1. The van der Waals surface area contributed by atoms with E-state index in [0.717, 1.165) is 5.56 Å². The van der Waals surface area contributed by atoms with Crippen molar-refractivity contribution in [2.75, 3.05) is 6.61 Å².